The van der Waals surface area contributed by atoms with Gasteiger partial charge in [-0.1, -0.05) is 15.9 Å². The first-order chi connectivity index (χ1) is 9.28. The Morgan fingerprint density at radius 1 is 1.45 bits per heavy atom. The Morgan fingerprint density at radius 2 is 2.15 bits per heavy atom. The Labute approximate surface area is 125 Å². The Hall–Kier alpha value is -1.15. The molecule has 0 aliphatic heterocycles. The van der Waals surface area contributed by atoms with E-state index in [0.29, 0.717) is 15.8 Å². The molecule has 0 atom stereocenters. The fourth-order valence-corrected chi connectivity index (χ4v) is 2.03. The molecule has 20 heavy (non-hydrogen) atoms. The molecule has 0 amide bonds. The highest BCUT2D eigenvalue weighted by Gasteiger charge is 2.27. The zero-order valence-electron chi connectivity index (χ0n) is 9.98. The van der Waals surface area contributed by atoms with E-state index >= 15 is 0 Å². The first-order valence-electron chi connectivity index (χ1n) is 5.32. The van der Waals surface area contributed by atoms with Crippen LogP contribution < -0.4 is 4.74 Å². The molecule has 0 heterocycles. The predicted octanol–water partition coefficient (Wildman–Crippen LogP) is 4.18. The van der Waals surface area contributed by atoms with Gasteiger partial charge in [-0.2, -0.15) is 13.2 Å². The second-order valence-electron chi connectivity index (χ2n) is 3.50. The van der Waals surface area contributed by atoms with Gasteiger partial charge in [0.05, 0.1) is 6.61 Å². The van der Waals surface area contributed by atoms with Gasteiger partial charge in [-0.05, 0) is 36.0 Å². The van der Waals surface area contributed by atoms with Gasteiger partial charge in [0, 0.05) is 21.9 Å². The van der Waals surface area contributed by atoms with E-state index in [1.165, 1.54) is 6.08 Å². The number of rotatable bonds is 6. The highest BCUT2D eigenvalue weighted by Crippen LogP contribution is 2.30. The van der Waals surface area contributed by atoms with Gasteiger partial charge in [0.15, 0.2) is 0 Å². The average molecular weight is 371 g/mol. The molecule has 0 fully saturated rings. The summed E-state index contributed by atoms with van der Waals surface area (Å²) >= 11 is 3.06. The molecule has 1 rings (SSSR count). The third-order valence-electron chi connectivity index (χ3n) is 1.98. The van der Waals surface area contributed by atoms with Gasteiger partial charge < -0.3 is 9.84 Å². The zero-order chi connectivity index (χ0) is 15.2. The summed E-state index contributed by atoms with van der Waals surface area (Å²) in [6, 6.07) is 4.83. The molecule has 0 aliphatic carbocycles. The average Bonchev–Trinajstić information content (AvgIpc) is 2.32. The number of carboxylic acids is 1. The van der Waals surface area contributed by atoms with Crippen molar-refractivity contribution in [1.82, 2.24) is 0 Å². The number of ether oxygens (including phenoxy) is 1. The summed E-state index contributed by atoms with van der Waals surface area (Å²) in [6.45, 7) is -0.125. The minimum absolute atomic E-state index is 0.125. The van der Waals surface area contributed by atoms with Crippen molar-refractivity contribution in [2.45, 2.75) is 5.51 Å². The van der Waals surface area contributed by atoms with E-state index in [4.69, 9.17) is 9.84 Å². The summed E-state index contributed by atoms with van der Waals surface area (Å²) in [5.74, 6) is -1.03. The van der Waals surface area contributed by atoms with E-state index < -0.39 is 11.5 Å². The lowest BCUT2D eigenvalue weighted by Gasteiger charge is -2.10. The van der Waals surface area contributed by atoms with Gasteiger partial charge in [-0.25, -0.2) is 4.79 Å². The monoisotopic (exact) mass is 370 g/mol. The van der Waals surface area contributed by atoms with Crippen molar-refractivity contribution in [2.75, 3.05) is 12.4 Å². The van der Waals surface area contributed by atoms with Gasteiger partial charge in [0.25, 0.3) is 0 Å². The minimum Gasteiger partial charge on any atom is -0.492 e. The molecule has 3 nitrogen and oxygen atoms in total. The Balaban J connectivity index is 2.67. The maximum atomic E-state index is 11.9. The summed E-state index contributed by atoms with van der Waals surface area (Å²) in [5, 5.41) is 8.57. The number of thioether (sulfide) groups is 1. The molecule has 1 N–H and O–H groups in total. The zero-order valence-corrected chi connectivity index (χ0v) is 12.4. The van der Waals surface area contributed by atoms with Crippen LogP contribution in [0.15, 0.2) is 28.7 Å². The second kappa shape index (κ2) is 7.58. The maximum Gasteiger partial charge on any atom is 0.441 e. The van der Waals surface area contributed by atoms with Gasteiger partial charge in [0.2, 0.25) is 0 Å². The molecule has 0 unspecified atom stereocenters. The normalized spacial score (nSPS) is 11.8. The quantitative estimate of drug-likeness (QED) is 0.602. The molecule has 1 aromatic rings. The van der Waals surface area contributed by atoms with Crippen molar-refractivity contribution in [3.63, 3.8) is 0 Å². The van der Waals surface area contributed by atoms with E-state index in [0.717, 1.165) is 6.08 Å². The Bertz CT molecular complexity index is 503. The number of halogens is 4. The van der Waals surface area contributed by atoms with Crippen LogP contribution in [0.1, 0.15) is 5.56 Å². The third-order valence-corrected chi connectivity index (χ3v) is 3.18. The molecule has 0 radical (unpaired) electrons. The molecule has 0 saturated carbocycles. The Morgan fingerprint density at radius 3 is 2.75 bits per heavy atom. The van der Waals surface area contributed by atoms with E-state index in [-0.39, 0.29) is 24.1 Å². The van der Waals surface area contributed by atoms with Crippen molar-refractivity contribution in [2.24, 2.45) is 0 Å². The molecule has 0 bridgehead atoms. The number of aliphatic carboxylic acids is 1. The van der Waals surface area contributed by atoms with Crippen LogP contribution in [0, 0.1) is 0 Å². The van der Waals surface area contributed by atoms with Crippen molar-refractivity contribution < 1.29 is 27.8 Å². The van der Waals surface area contributed by atoms with E-state index in [1.54, 1.807) is 18.2 Å². The first-order valence-corrected chi connectivity index (χ1v) is 7.10. The van der Waals surface area contributed by atoms with Gasteiger partial charge in [-0.3, -0.25) is 0 Å². The number of hydrogen-bond donors (Lipinski definition) is 1. The number of carbonyl (C=O) groups is 1. The maximum absolute atomic E-state index is 11.9. The molecular weight excluding hydrogens is 361 g/mol. The molecule has 1 aromatic carbocycles. The number of carboxylic acid groups (broad SMARTS) is 1. The molecule has 0 saturated heterocycles. The number of alkyl halides is 3. The molecule has 0 aromatic heterocycles. The van der Waals surface area contributed by atoms with Crippen LogP contribution in [0.5, 0.6) is 5.75 Å². The molecule has 0 spiro atoms. The van der Waals surface area contributed by atoms with Crippen LogP contribution in [0.4, 0.5) is 13.2 Å². The highest BCUT2D eigenvalue weighted by atomic mass is 79.9. The Kier molecular flexibility index (Phi) is 6.41. The third kappa shape index (κ3) is 6.85. The fraction of sp³-hybridized carbons (Fsp3) is 0.250. The predicted molar refractivity (Wildman–Crippen MR) is 74.8 cm³/mol. The minimum atomic E-state index is -4.28. The fourth-order valence-electron chi connectivity index (χ4n) is 1.25. The van der Waals surface area contributed by atoms with Crippen LogP contribution in [-0.2, 0) is 4.79 Å². The summed E-state index contributed by atoms with van der Waals surface area (Å²) in [4.78, 5) is 10.5. The van der Waals surface area contributed by atoms with E-state index in [9.17, 15) is 18.0 Å². The second-order valence-corrected chi connectivity index (χ2v) is 5.57. The van der Waals surface area contributed by atoms with Gasteiger partial charge in [0.1, 0.15) is 5.75 Å². The SMILES string of the molecule is O=C(O)/C=C/c1cc(Br)ccc1OCCSC(F)(F)F. The molecule has 8 heteroatoms. The largest absolute Gasteiger partial charge is 0.492 e. The van der Waals surface area contributed by atoms with Crippen LogP contribution in [0.2, 0.25) is 0 Å². The van der Waals surface area contributed by atoms with Crippen LogP contribution >= 0.6 is 27.7 Å². The lowest BCUT2D eigenvalue weighted by atomic mass is 10.2. The van der Waals surface area contributed by atoms with Crippen molar-refractivity contribution in [3.05, 3.63) is 34.3 Å². The van der Waals surface area contributed by atoms with Gasteiger partial charge >= 0.3 is 11.5 Å². The van der Waals surface area contributed by atoms with E-state index in [1.807, 2.05) is 0 Å². The van der Waals surface area contributed by atoms with Crippen LogP contribution in [0.25, 0.3) is 6.08 Å². The van der Waals surface area contributed by atoms with Crippen molar-refractivity contribution in [3.8, 4) is 5.75 Å². The molecule has 0 aliphatic rings. The summed E-state index contributed by atoms with van der Waals surface area (Å²) < 4.78 is 41.8. The summed E-state index contributed by atoms with van der Waals surface area (Å²) in [6.07, 6.45) is 2.25. The van der Waals surface area contributed by atoms with E-state index in [2.05, 4.69) is 15.9 Å². The summed E-state index contributed by atoms with van der Waals surface area (Å²) in [5.41, 5.74) is -3.81. The van der Waals surface area contributed by atoms with Crippen molar-refractivity contribution in [1.29, 1.82) is 0 Å². The lowest BCUT2D eigenvalue weighted by molar-refractivity contribution is -0.131. The smallest absolute Gasteiger partial charge is 0.441 e. The topological polar surface area (TPSA) is 46.5 Å². The molecular formula is C12H10BrF3O3S. The highest BCUT2D eigenvalue weighted by molar-refractivity contribution is 9.10. The number of hydrogen-bond acceptors (Lipinski definition) is 3. The summed E-state index contributed by atoms with van der Waals surface area (Å²) in [7, 11) is 0. The first kappa shape index (κ1) is 16.9. The molecule has 110 valence electrons. The van der Waals surface area contributed by atoms with Crippen LogP contribution in [-0.4, -0.2) is 28.9 Å². The number of benzene rings is 1. The lowest BCUT2D eigenvalue weighted by Crippen LogP contribution is -2.08. The van der Waals surface area contributed by atoms with Gasteiger partial charge in [-0.15, -0.1) is 0 Å². The van der Waals surface area contributed by atoms with Crippen molar-refractivity contribution >= 4 is 39.7 Å². The van der Waals surface area contributed by atoms with Crippen LogP contribution in [0.3, 0.4) is 0 Å². The standard InChI is InChI=1S/C12H10BrF3O3S/c13-9-2-3-10(8(7-9)1-4-11(17)18)19-5-6-20-12(14,15)16/h1-4,7H,5-6H2,(H,17,18)/b4-1+.